The molecule has 0 saturated heterocycles. The lowest BCUT2D eigenvalue weighted by Gasteiger charge is -2.18. The zero-order valence-corrected chi connectivity index (χ0v) is 15.1. The van der Waals surface area contributed by atoms with E-state index in [1.165, 1.54) is 12.1 Å². The fourth-order valence-corrected chi connectivity index (χ4v) is 2.45. The summed E-state index contributed by atoms with van der Waals surface area (Å²) in [6.07, 6.45) is -4.36. The molecule has 8 heteroatoms. The Morgan fingerprint density at radius 3 is 2.27 bits per heavy atom. The average Bonchev–Trinajstić information content (AvgIpc) is 2.59. The Morgan fingerprint density at radius 2 is 1.69 bits per heavy atom. The topological polar surface area (TPSA) is 42.5 Å². The lowest BCUT2D eigenvalue weighted by molar-refractivity contribution is -0.137. The summed E-state index contributed by atoms with van der Waals surface area (Å²) in [4.78, 5) is 0. The molecule has 0 amide bonds. The Hall–Kier alpha value is -2.48. The van der Waals surface area contributed by atoms with E-state index < -0.39 is 11.7 Å². The molecule has 0 aliphatic carbocycles. The number of anilines is 1. The minimum Gasteiger partial charge on any atom is -0.493 e. The number of benzene rings is 2. The van der Waals surface area contributed by atoms with Gasteiger partial charge in [0.15, 0.2) is 16.6 Å². The van der Waals surface area contributed by atoms with E-state index in [9.17, 15) is 13.2 Å². The monoisotopic (exact) mass is 384 g/mol. The van der Waals surface area contributed by atoms with Gasteiger partial charge in [0.05, 0.1) is 18.7 Å². The first-order chi connectivity index (χ1) is 12.3. The number of para-hydroxylation sites is 2. The summed E-state index contributed by atoms with van der Waals surface area (Å²) in [7, 11) is 1.56. The van der Waals surface area contributed by atoms with Crippen LogP contribution in [0.3, 0.4) is 0 Å². The molecule has 0 radical (unpaired) electrons. The maximum atomic E-state index is 12.6. The normalized spacial score (nSPS) is 12.2. The number of ether oxygens (including phenoxy) is 2. The van der Waals surface area contributed by atoms with Crippen molar-refractivity contribution in [2.45, 2.75) is 19.1 Å². The van der Waals surface area contributed by atoms with Gasteiger partial charge >= 0.3 is 6.18 Å². The third-order valence-electron chi connectivity index (χ3n) is 3.41. The molecule has 0 aromatic heterocycles. The van der Waals surface area contributed by atoms with Gasteiger partial charge in [-0.15, -0.1) is 0 Å². The summed E-state index contributed by atoms with van der Waals surface area (Å²) < 4.78 is 48.6. The van der Waals surface area contributed by atoms with Crippen molar-refractivity contribution in [1.82, 2.24) is 5.32 Å². The van der Waals surface area contributed by atoms with E-state index in [-0.39, 0.29) is 6.04 Å². The lowest BCUT2D eigenvalue weighted by Crippen LogP contribution is -2.39. The Labute approximate surface area is 155 Å². The van der Waals surface area contributed by atoms with Crippen LogP contribution in [0.25, 0.3) is 0 Å². The lowest BCUT2D eigenvalue weighted by atomic mass is 10.2. The van der Waals surface area contributed by atoms with Crippen molar-refractivity contribution in [3.8, 4) is 11.5 Å². The second kappa shape index (κ2) is 8.75. The average molecular weight is 384 g/mol. The molecule has 26 heavy (non-hydrogen) atoms. The van der Waals surface area contributed by atoms with Crippen LogP contribution in [0.1, 0.15) is 12.5 Å². The van der Waals surface area contributed by atoms with Crippen molar-refractivity contribution < 1.29 is 22.6 Å². The van der Waals surface area contributed by atoms with Gasteiger partial charge in [0.1, 0.15) is 6.61 Å². The van der Waals surface area contributed by atoms with Crippen molar-refractivity contribution >= 4 is 23.0 Å². The van der Waals surface area contributed by atoms with Crippen molar-refractivity contribution in [2.24, 2.45) is 0 Å². The Kier molecular flexibility index (Phi) is 6.68. The molecule has 0 spiro atoms. The molecule has 1 atom stereocenters. The van der Waals surface area contributed by atoms with Crippen molar-refractivity contribution in [3.63, 3.8) is 0 Å². The van der Waals surface area contributed by atoms with Crippen LogP contribution in [0.5, 0.6) is 11.5 Å². The predicted octanol–water partition coefficient (Wildman–Crippen LogP) is 4.47. The van der Waals surface area contributed by atoms with Gasteiger partial charge in [-0.2, -0.15) is 13.2 Å². The zero-order valence-electron chi connectivity index (χ0n) is 14.3. The van der Waals surface area contributed by atoms with Gasteiger partial charge in [0, 0.05) is 5.69 Å². The van der Waals surface area contributed by atoms with Crippen molar-refractivity contribution in [1.29, 1.82) is 0 Å². The van der Waals surface area contributed by atoms with E-state index in [1.807, 2.05) is 19.1 Å². The Balaban J connectivity index is 1.83. The number of nitrogens with one attached hydrogen (secondary N) is 2. The number of halogens is 3. The van der Waals surface area contributed by atoms with Crippen molar-refractivity contribution in [3.05, 3.63) is 54.1 Å². The number of alkyl halides is 3. The second-order valence-electron chi connectivity index (χ2n) is 5.54. The minimum atomic E-state index is -4.36. The summed E-state index contributed by atoms with van der Waals surface area (Å²) in [5.74, 6) is 1.25. The zero-order chi connectivity index (χ0) is 19.2. The fraction of sp³-hybridized carbons (Fsp3) is 0.278. The van der Waals surface area contributed by atoms with E-state index >= 15 is 0 Å². The van der Waals surface area contributed by atoms with Crippen LogP contribution in [0.2, 0.25) is 0 Å². The largest absolute Gasteiger partial charge is 0.493 e. The van der Waals surface area contributed by atoms with E-state index in [0.717, 1.165) is 12.1 Å². The summed E-state index contributed by atoms with van der Waals surface area (Å²) >= 11 is 5.17. The second-order valence-corrected chi connectivity index (χ2v) is 5.94. The van der Waals surface area contributed by atoms with Crippen LogP contribution in [0, 0.1) is 0 Å². The molecule has 0 heterocycles. The van der Waals surface area contributed by atoms with Crippen LogP contribution in [-0.2, 0) is 6.18 Å². The summed E-state index contributed by atoms with van der Waals surface area (Å²) in [6, 6.07) is 11.8. The molecule has 2 rings (SSSR count). The molecule has 4 nitrogen and oxygen atoms in total. The predicted molar refractivity (Wildman–Crippen MR) is 98.8 cm³/mol. The summed E-state index contributed by atoms with van der Waals surface area (Å²) in [5, 5.41) is 6.15. The van der Waals surface area contributed by atoms with Crippen LogP contribution in [-0.4, -0.2) is 24.9 Å². The number of hydrogen-bond acceptors (Lipinski definition) is 3. The molecular weight excluding hydrogens is 365 g/mol. The quantitative estimate of drug-likeness (QED) is 0.720. The molecule has 2 N–H and O–H groups in total. The molecule has 2 aromatic rings. The highest BCUT2D eigenvalue weighted by Crippen LogP contribution is 2.29. The van der Waals surface area contributed by atoms with Gasteiger partial charge in [-0.25, -0.2) is 0 Å². The van der Waals surface area contributed by atoms with Gasteiger partial charge < -0.3 is 20.1 Å². The van der Waals surface area contributed by atoms with Crippen LogP contribution in [0.15, 0.2) is 48.5 Å². The van der Waals surface area contributed by atoms with Crippen molar-refractivity contribution in [2.75, 3.05) is 19.0 Å². The molecular formula is C18H19F3N2O2S. The van der Waals surface area contributed by atoms with Gasteiger partial charge in [-0.05, 0) is 55.5 Å². The smallest absolute Gasteiger partial charge is 0.416 e. The summed E-state index contributed by atoms with van der Waals surface area (Å²) in [6.45, 7) is 2.20. The first kappa shape index (κ1) is 19.8. The van der Waals surface area contributed by atoms with Gasteiger partial charge in [-0.1, -0.05) is 12.1 Å². The van der Waals surface area contributed by atoms with E-state index in [1.54, 1.807) is 19.2 Å². The van der Waals surface area contributed by atoms with Crippen LogP contribution < -0.4 is 20.1 Å². The molecule has 0 aliphatic heterocycles. The van der Waals surface area contributed by atoms with Gasteiger partial charge in [-0.3, -0.25) is 0 Å². The van der Waals surface area contributed by atoms with Crippen LogP contribution in [0.4, 0.5) is 18.9 Å². The molecule has 0 bridgehead atoms. The maximum Gasteiger partial charge on any atom is 0.416 e. The van der Waals surface area contributed by atoms with Crippen LogP contribution >= 0.6 is 12.2 Å². The SMILES string of the molecule is COc1ccccc1OC[C@H](C)NC(=S)Nc1ccc(C(F)(F)F)cc1. The third-order valence-corrected chi connectivity index (χ3v) is 3.63. The van der Waals surface area contributed by atoms with Gasteiger partial charge in [0.25, 0.3) is 0 Å². The van der Waals surface area contributed by atoms with E-state index in [4.69, 9.17) is 21.7 Å². The number of hydrogen-bond donors (Lipinski definition) is 2. The molecule has 140 valence electrons. The highest BCUT2D eigenvalue weighted by molar-refractivity contribution is 7.80. The van der Waals surface area contributed by atoms with E-state index in [2.05, 4.69) is 10.6 Å². The Bertz CT molecular complexity index is 736. The molecule has 0 aliphatic rings. The fourth-order valence-electron chi connectivity index (χ4n) is 2.13. The molecule has 2 aromatic carbocycles. The first-order valence-corrected chi connectivity index (χ1v) is 8.21. The van der Waals surface area contributed by atoms with Gasteiger partial charge in [0.2, 0.25) is 0 Å². The highest BCUT2D eigenvalue weighted by Gasteiger charge is 2.29. The third kappa shape index (κ3) is 5.80. The van der Waals surface area contributed by atoms with E-state index in [0.29, 0.717) is 28.9 Å². The highest BCUT2D eigenvalue weighted by atomic mass is 32.1. The number of methoxy groups -OCH3 is 1. The summed E-state index contributed by atoms with van der Waals surface area (Å²) in [5.41, 5.74) is -0.242. The first-order valence-electron chi connectivity index (χ1n) is 7.80. The molecule has 0 unspecified atom stereocenters. The molecule has 0 fully saturated rings. The number of thiocarbonyl (C=S) groups is 1. The minimum absolute atomic E-state index is 0.130. The Morgan fingerprint density at radius 1 is 1.08 bits per heavy atom. The maximum absolute atomic E-state index is 12.6. The standard InChI is InChI=1S/C18H19F3N2O2S/c1-12(11-25-16-6-4-3-5-15(16)24-2)22-17(26)23-14-9-7-13(8-10-14)18(19,20)21/h3-10,12H,11H2,1-2H3,(H2,22,23,26)/t12-/m0/s1. The number of rotatable bonds is 6. The molecule has 0 saturated carbocycles.